The molecule has 226 valence electrons. The number of carbonyl (C=O) groups is 4. The first-order chi connectivity index (χ1) is 20.8. The first-order valence-corrected chi connectivity index (χ1v) is 15.0. The van der Waals surface area contributed by atoms with E-state index in [4.69, 9.17) is 4.74 Å². The Morgan fingerprint density at radius 3 is 2.07 bits per heavy atom. The number of aliphatic hydroxyl groups excluding tert-OH is 1. The molecule has 1 aliphatic rings. The number of benzene rings is 3. The number of aliphatic hydroxyl groups is 1. The zero-order valence-corrected chi connectivity index (χ0v) is 24.5. The van der Waals surface area contributed by atoms with E-state index in [0.29, 0.717) is 0 Å². The Labute approximate surface area is 254 Å². The molecule has 5 atom stereocenters. The molecular weight excluding hydrogens is 570 g/mol. The molecule has 0 bridgehead atoms. The lowest BCUT2D eigenvalue weighted by molar-refractivity contribution is -0.149. The number of carbonyl (C=O) groups excluding carboxylic acids is 3. The number of aliphatic carboxylic acids is 1. The molecule has 0 aliphatic carbocycles. The Kier molecular flexibility index (Phi) is 11.2. The summed E-state index contributed by atoms with van der Waals surface area (Å²) in [5.74, 6) is -2.31. The lowest BCUT2D eigenvalue weighted by Crippen LogP contribution is -2.57. The third-order valence-electron chi connectivity index (χ3n) is 7.11. The molecule has 3 aromatic rings. The third-order valence-corrected chi connectivity index (χ3v) is 8.44. The molecule has 1 aliphatic heterocycles. The van der Waals surface area contributed by atoms with Crippen molar-refractivity contribution in [3.8, 4) is 0 Å². The molecular formula is C32H35N3O7S. The normalized spacial score (nSPS) is 18.2. The second kappa shape index (κ2) is 15.2. The molecule has 3 aromatic carbocycles. The van der Waals surface area contributed by atoms with Crippen LogP contribution in [0.15, 0.2) is 91.0 Å². The van der Waals surface area contributed by atoms with Crippen LogP contribution in [0.4, 0.5) is 4.79 Å². The first-order valence-electron chi connectivity index (χ1n) is 14.0. The molecule has 11 heteroatoms. The maximum Gasteiger partial charge on any atom is 0.408 e. The predicted molar refractivity (Wildman–Crippen MR) is 162 cm³/mol. The second-order valence-electron chi connectivity index (χ2n) is 10.1. The van der Waals surface area contributed by atoms with Gasteiger partial charge in [0.15, 0.2) is 6.10 Å². The summed E-state index contributed by atoms with van der Waals surface area (Å²) in [4.78, 5) is 53.5. The monoisotopic (exact) mass is 605 g/mol. The number of nitrogens with one attached hydrogen (secondary N) is 2. The van der Waals surface area contributed by atoms with Crippen LogP contribution in [-0.4, -0.2) is 69.0 Å². The molecule has 0 saturated carbocycles. The van der Waals surface area contributed by atoms with Crippen LogP contribution in [0.2, 0.25) is 0 Å². The van der Waals surface area contributed by atoms with Gasteiger partial charge in [0.05, 0.1) is 6.04 Å². The minimum absolute atomic E-state index is 0.0310. The zero-order valence-electron chi connectivity index (χ0n) is 23.7. The van der Waals surface area contributed by atoms with Crippen molar-refractivity contribution in [3.63, 3.8) is 0 Å². The molecule has 1 saturated heterocycles. The van der Waals surface area contributed by atoms with Crippen LogP contribution in [0.1, 0.15) is 35.4 Å². The van der Waals surface area contributed by atoms with Gasteiger partial charge in [-0.25, -0.2) is 9.59 Å². The highest BCUT2D eigenvalue weighted by Gasteiger charge is 2.45. The van der Waals surface area contributed by atoms with Crippen LogP contribution in [-0.2, 0) is 32.1 Å². The summed E-state index contributed by atoms with van der Waals surface area (Å²) < 4.78 is 5.33. The van der Waals surface area contributed by atoms with Gasteiger partial charge in [-0.2, -0.15) is 0 Å². The zero-order chi connectivity index (χ0) is 30.8. The summed E-state index contributed by atoms with van der Waals surface area (Å²) >= 11 is 1.39. The Bertz CT molecular complexity index is 1380. The standard InChI is InChI=1S/C32H35N3O7S/c1-2-24(34-32(41)42-19-22-14-8-4-9-15-22)29(38)35-26(20-43-30(35)23-16-10-5-11-17-23)28(37)33-25(27(36)31(39)40)18-21-12-6-3-7-13-21/h3-17,24-27,30,36H,2,18-20H2,1H3,(H,33,37)(H,34,41)(H,39,40)/t24-,25-,26-,27?,30?/m0/s1. The van der Waals surface area contributed by atoms with E-state index in [0.717, 1.165) is 16.7 Å². The number of hydrogen-bond donors (Lipinski definition) is 4. The van der Waals surface area contributed by atoms with Crippen molar-refractivity contribution in [2.45, 2.75) is 56.0 Å². The predicted octanol–water partition coefficient (Wildman–Crippen LogP) is 3.51. The van der Waals surface area contributed by atoms with Crippen molar-refractivity contribution in [1.82, 2.24) is 15.5 Å². The van der Waals surface area contributed by atoms with Gasteiger partial charge in [-0.1, -0.05) is 97.9 Å². The summed E-state index contributed by atoms with van der Waals surface area (Å²) in [6, 6.07) is 24.2. The van der Waals surface area contributed by atoms with E-state index in [9.17, 15) is 29.4 Å². The minimum atomic E-state index is -1.86. The fourth-order valence-corrected chi connectivity index (χ4v) is 6.28. The highest BCUT2D eigenvalue weighted by atomic mass is 32.2. The van der Waals surface area contributed by atoms with E-state index in [-0.39, 0.29) is 25.2 Å². The summed E-state index contributed by atoms with van der Waals surface area (Å²) in [5, 5.41) is 24.8. The van der Waals surface area contributed by atoms with Gasteiger partial charge in [-0.05, 0) is 29.5 Å². The summed E-state index contributed by atoms with van der Waals surface area (Å²) in [6.45, 7) is 1.78. The molecule has 0 radical (unpaired) electrons. The Morgan fingerprint density at radius 2 is 1.49 bits per heavy atom. The number of nitrogens with zero attached hydrogens (tertiary/aromatic N) is 1. The van der Waals surface area contributed by atoms with Crippen LogP contribution >= 0.6 is 11.8 Å². The second-order valence-corrected chi connectivity index (χ2v) is 11.2. The van der Waals surface area contributed by atoms with E-state index in [1.807, 2.05) is 66.7 Å². The maximum atomic E-state index is 14.0. The molecule has 2 unspecified atom stereocenters. The summed E-state index contributed by atoms with van der Waals surface area (Å²) in [5.41, 5.74) is 2.32. The highest BCUT2D eigenvalue weighted by molar-refractivity contribution is 7.99. The van der Waals surface area contributed by atoms with Gasteiger partial charge in [0.25, 0.3) is 0 Å². The molecule has 1 fully saturated rings. The fourth-order valence-electron chi connectivity index (χ4n) is 4.84. The van der Waals surface area contributed by atoms with Gasteiger partial charge in [-0.15, -0.1) is 11.8 Å². The van der Waals surface area contributed by atoms with Gasteiger partial charge in [0, 0.05) is 5.75 Å². The molecule has 4 rings (SSSR count). The van der Waals surface area contributed by atoms with Crippen molar-refractivity contribution in [2.75, 3.05) is 5.75 Å². The van der Waals surface area contributed by atoms with Crippen LogP contribution < -0.4 is 10.6 Å². The topological polar surface area (TPSA) is 145 Å². The fraction of sp³-hybridized carbons (Fsp3) is 0.312. The molecule has 0 spiro atoms. The lowest BCUT2D eigenvalue weighted by Gasteiger charge is -2.33. The Morgan fingerprint density at radius 1 is 0.907 bits per heavy atom. The van der Waals surface area contributed by atoms with Gasteiger partial charge in [-0.3, -0.25) is 9.59 Å². The Balaban J connectivity index is 1.54. The van der Waals surface area contributed by atoms with Crippen molar-refractivity contribution in [1.29, 1.82) is 0 Å². The van der Waals surface area contributed by atoms with Crippen molar-refractivity contribution < 1.29 is 34.1 Å². The largest absolute Gasteiger partial charge is 0.479 e. The van der Waals surface area contributed by atoms with E-state index in [1.165, 1.54) is 16.7 Å². The third kappa shape index (κ3) is 8.36. The first kappa shape index (κ1) is 31.6. The van der Waals surface area contributed by atoms with Crippen LogP contribution in [0.5, 0.6) is 0 Å². The van der Waals surface area contributed by atoms with Crippen molar-refractivity contribution in [2.24, 2.45) is 0 Å². The molecule has 4 N–H and O–H groups in total. The van der Waals surface area contributed by atoms with Gasteiger partial charge in [0.2, 0.25) is 11.8 Å². The van der Waals surface area contributed by atoms with Crippen LogP contribution in [0, 0.1) is 0 Å². The van der Waals surface area contributed by atoms with Gasteiger partial charge in [0.1, 0.15) is 24.1 Å². The van der Waals surface area contributed by atoms with E-state index in [1.54, 1.807) is 31.2 Å². The van der Waals surface area contributed by atoms with E-state index >= 15 is 0 Å². The van der Waals surface area contributed by atoms with Crippen molar-refractivity contribution >= 4 is 35.6 Å². The molecule has 0 aromatic heterocycles. The summed E-state index contributed by atoms with van der Waals surface area (Å²) in [6.07, 6.45) is -2.31. The van der Waals surface area contributed by atoms with Crippen LogP contribution in [0.25, 0.3) is 0 Å². The highest BCUT2D eigenvalue weighted by Crippen LogP contribution is 2.42. The van der Waals surface area contributed by atoms with Crippen LogP contribution in [0.3, 0.4) is 0 Å². The molecule has 43 heavy (non-hydrogen) atoms. The lowest BCUT2D eigenvalue weighted by atomic mass is 10.0. The quantitative estimate of drug-likeness (QED) is 0.246. The number of hydrogen-bond acceptors (Lipinski definition) is 7. The number of ether oxygens (including phenoxy) is 1. The minimum Gasteiger partial charge on any atom is -0.479 e. The number of carboxylic acid groups (broad SMARTS) is 1. The number of alkyl carbamates (subject to hydrolysis) is 1. The average molecular weight is 606 g/mol. The SMILES string of the molecule is CC[C@H](NC(=O)OCc1ccccc1)C(=O)N1C(c2ccccc2)SC[C@H]1C(=O)N[C@@H](Cc1ccccc1)C(O)C(=O)O. The maximum absolute atomic E-state index is 14.0. The van der Waals surface area contributed by atoms with Gasteiger partial charge >= 0.3 is 12.1 Å². The number of thioether (sulfide) groups is 1. The molecule has 10 nitrogen and oxygen atoms in total. The smallest absolute Gasteiger partial charge is 0.408 e. The molecule has 1 heterocycles. The van der Waals surface area contributed by atoms with Gasteiger partial charge < -0.3 is 30.5 Å². The number of amides is 3. The number of carboxylic acids is 1. The number of rotatable bonds is 12. The average Bonchev–Trinajstić information content (AvgIpc) is 3.48. The summed E-state index contributed by atoms with van der Waals surface area (Å²) in [7, 11) is 0. The van der Waals surface area contributed by atoms with E-state index < -0.39 is 53.5 Å². The van der Waals surface area contributed by atoms with E-state index in [2.05, 4.69) is 10.6 Å². The van der Waals surface area contributed by atoms with Crippen molar-refractivity contribution in [3.05, 3.63) is 108 Å². The molecule has 3 amide bonds. The Hall–Kier alpha value is -4.35.